The van der Waals surface area contributed by atoms with E-state index in [-0.39, 0.29) is 0 Å². The van der Waals surface area contributed by atoms with Crippen LogP contribution in [0.2, 0.25) is 0 Å². The van der Waals surface area contributed by atoms with Crippen molar-refractivity contribution in [3.05, 3.63) is 0 Å². The molecule has 4 fully saturated rings. The zero-order chi connectivity index (χ0) is 16.0. The molecule has 0 unspecified atom stereocenters. The van der Waals surface area contributed by atoms with Crippen LogP contribution in [0.1, 0.15) is 59.3 Å². The van der Waals surface area contributed by atoms with Gasteiger partial charge in [-0.3, -0.25) is 9.80 Å². The molecule has 0 aromatic carbocycles. The molecule has 4 rings (SSSR count). The predicted molar refractivity (Wildman–Crippen MR) is 96.7 cm³/mol. The highest BCUT2D eigenvalue weighted by Crippen LogP contribution is 2.52. The van der Waals surface area contributed by atoms with Crippen LogP contribution in [0.25, 0.3) is 0 Å². The van der Waals surface area contributed by atoms with Gasteiger partial charge in [0.25, 0.3) is 0 Å². The van der Waals surface area contributed by atoms with Crippen molar-refractivity contribution >= 4 is 0 Å². The summed E-state index contributed by atoms with van der Waals surface area (Å²) in [6.45, 7) is 15.2. The lowest BCUT2D eigenvalue weighted by Gasteiger charge is -2.56. The first kappa shape index (κ1) is 16.4. The lowest BCUT2D eigenvalue weighted by Crippen LogP contribution is -2.65. The summed E-state index contributed by atoms with van der Waals surface area (Å²) in [6, 6.07) is 2.49. The number of rotatable bonds is 3. The average Bonchev–Trinajstić information content (AvgIpc) is 2.47. The maximum absolute atomic E-state index is 2.83. The third kappa shape index (κ3) is 3.21. The van der Waals surface area contributed by atoms with Gasteiger partial charge in [0, 0.05) is 31.2 Å². The van der Waals surface area contributed by atoms with Crippen molar-refractivity contribution in [2.75, 3.05) is 39.3 Å². The molecule has 0 radical (unpaired) electrons. The molecule has 3 heteroatoms. The summed E-state index contributed by atoms with van der Waals surface area (Å²) in [6.07, 6.45) is 8.80. The van der Waals surface area contributed by atoms with Crippen molar-refractivity contribution in [1.82, 2.24) is 14.7 Å². The molecular formula is C20H37N3. The Morgan fingerprint density at radius 2 is 1.43 bits per heavy atom. The monoisotopic (exact) mass is 319 g/mol. The second-order valence-electron chi connectivity index (χ2n) is 9.52. The highest BCUT2D eigenvalue weighted by Gasteiger charge is 2.46. The van der Waals surface area contributed by atoms with Crippen molar-refractivity contribution in [1.29, 1.82) is 0 Å². The zero-order valence-electron chi connectivity index (χ0n) is 15.6. The van der Waals surface area contributed by atoms with E-state index in [1.54, 1.807) is 0 Å². The van der Waals surface area contributed by atoms with E-state index >= 15 is 0 Å². The Hall–Kier alpha value is -0.120. The summed E-state index contributed by atoms with van der Waals surface area (Å²) in [4.78, 5) is 8.27. The van der Waals surface area contributed by atoms with Crippen LogP contribution < -0.4 is 0 Å². The van der Waals surface area contributed by atoms with Crippen LogP contribution in [0.3, 0.4) is 0 Å². The lowest BCUT2D eigenvalue weighted by molar-refractivity contribution is -0.0632. The fraction of sp³-hybridized carbons (Fsp3) is 1.00. The van der Waals surface area contributed by atoms with Gasteiger partial charge in [-0.2, -0.15) is 0 Å². The SMILES string of the molecule is CC1CC2(CCN(C3CN(C4CCN(C(C)C)CC4)C3)CC2)C1. The molecule has 23 heavy (non-hydrogen) atoms. The first-order chi connectivity index (χ1) is 11.0. The Morgan fingerprint density at radius 1 is 0.826 bits per heavy atom. The minimum atomic E-state index is 0.731. The Morgan fingerprint density at radius 3 is 1.96 bits per heavy atom. The number of nitrogens with zero attached hydrogens (tertiary/aromatic N) is 3. The number of likely N-dealkylation sites (tertiary alicyclic amines) is 3. The summed E-state index contributed by atoms with van der Waals surface area (Å²) in [5.41, 5.74) is 0.781. The Labute approximate surface area is 143 Å². The van der Waals surface area contributed by atoms with Gasteiger partial charge in [-0.25, -0.2) is 0 Å². The summed E-state index contributed by atoms with van der Waals surface area (Å²) < 4.78 is 0. The standard InChI is InChI=1S/C20H37N3/c1-16(2)21-8-4-18(5-9-21)23-14-19(15-23)22-10-6-20(7-11-22)12-17(3)13-20/h16-19H,4-15H2,1-3H3. The first-order valence-electron chi connectivity index (χ1n) is 10.3. The van der Waals surface area contributed by atoms with Crippen LogP contribution in [0.4, 0.5) is 0 Å². The maximum atomic E-state index is 2.83. The molecule has 4 aliphatic rings. The van der Waals surface area contributed by atoms with Gasteiger partial charge in [0.15, 0.2) is 0 Å². The summed E-state index contributed by atoms with van der Waals surface area (Å²) >= 11 is 0. The number of piperidine rings is 2. The topological polar surface area (TPSA) is 9.72 Å². The highest BCUT2D eigenvalue weighted by atomic mass is 15.3. The molecule has 3 nitrogen and oxygen atoms in total. The van der Waals surface area contributed by atoms with Crippen molar-refractivity contribution in [2.24, 2.45) is 11.3 Å². The molecule has 0 aromatic heterocycles. The quantitative estimate of drug-likeness (QED) is 0.791. The van der Waals surface area contributed by atoms with Gasteiger partial charge in [0.1, 0.15) is 0 Å². The molecule has 0 bridgehead atoms. The molecule has 3 saturated heterocycles. The van der Waals surface area contributed by atoms with E-state index in [1.807, 2.05) is 0 Å². The lowest BCUT2D eigenvalue weighted by atomic mass is 9.58. The van der Waals surface area contributed by atoms with E-state index in [4.69, 9.17) is 0 Å². The summed E-state index contributed by atoms with van der Waals surface area (Å²) in [5, 5.41) is 0. The Kier molecular flexibility index (Phi) is 4.49. The molecule has 0 atom stereocenters. The second kappa shape index (κ2) is 6.31. The van der Waals surface area contributed by atoms with Gasteiger partial charge in [-0.1, -0.05) is 6.92 Å². The summed E-state index contributed by atoms with van der Waals surface area (Å²) in [5.74, 6) is 1.01. The Bertz CT molecular complexity index is 391. The van der Waals surface area contributed by atoms with Crippen LogP contribution in [0.15, 0.2) is 0 Å². The van der Waals surface area contributed by atoms with Gasteiger partial charge in [-0.05, 0) is 89.9 Å². The predicted octanol–water partition coefficient (Wildman–Crippen LogP) is 3.06. The van der Waals surface area contributed by atoms with Crippen molar-refractivity contribution < 1.29 is 0 Å². The van der Waals surface area contributed by atoms with Crippen molar-refractivity contribution in [2.45, 2.75) is 77.4 Å². The molecule has 0 aromatic rings. The van der Waals surface area contributed by atoms with E-state index < -0.39 is 0 Å². The van der Waals surface area contributed by atoms with E-state index in [0.29, 0.717) is 0 Å². The molecule has 3 heterocycles. The zero-order valence-corrected chi connectivity index (χ0v) is 15.6. The van der Waals surface area contributed by atoms with Gasteiger partial charge < -0.3 is 4.90 Å². The maximum Gasteiger partial charge on any atom is 0.0350 e. The molecule has 1 aliphatic carbocycles. The van der Waals surface area contributed by atoms with E-state index in [9.17, 15) is 0 Å². The minimum Gasteiger partial charge on any atom is -0.301 e. The fourth-order valence-electron chi connectivity index (χ4n) is 5.97. The number of hydrogen-bond donors (Lipinski definition) is 0. The Balaban J connectivity index is 1.18. The van der Waals surface area contributed by atoms with Crippen LogP contribution in [0, 0.1) is 11.3 Å². The van der Waals surface area contributed by atoms with E-state index in [2.05, 4.69) is 35.5 Å². The smallest absolute Gasteiger partial charge is 0.0350 e. The average molecular weight is 320 g/mol. The van der Waals surface area contributed by atoms with Gasteiger partial charge in [0.05, 0.1) is 0 Å². The van der Waals surface area contributed by atoms with Crippen LogP contribution in [-0.2, 0) is 0 Å². The van der Waals surface area contributed by atoms with Crippen LogP contribution in [-0.4, -0.2) is 72.1 Å². The normalized spacial score (nSPS) is 32.3. The van der Waals surface area contributed by atoms with Gasteiger partial charge in [0.2, 0.25) is 0 Å². The van der Waals surface area contributed by atoms with E-state index in [0.717, 1.165) is 29.5 Å². The van der Waals surface area contributed by atoms with Crippen LogP contribution in [0.5, 0.6) is 0 Å². The molecule has 1 saturated carbocycles. The number of hydrogen-bond acceptors (Lipinski definition) is 3. The second-order valence-corrected chi connectivity index (χ2v) is 9.52. The van der Waals surface area contributed by atoms with Gasteiger partial charge >= 0.3 is 0 Å². The van der Waals surface area contributed by atoms with E-state index in [1.165, 1.54) is 77.8 Å². The molecule has 0 N–H and O–H groups in total. The van der Waals surface area contributed by atoms with Crippen molar-refractivity contribution in [3.8, 4) is 0 Å². The minimum absolute atomic E-state index is 0.731. The molecule has 3 aliphatic heterocycles. The largest absolute Gasteiger partial charge is 0.301 e. The van der Waals surface area contributed by atoms with Crippen molar-refractivity contribution in [3.63, 3.8) is 0 Å². The molecule has 132 valence electrons. The molecule has 1 spiro atoms. The third-order valence-corrected chi connectivity index (χ3v) is 7.57. The fourth-order valence-corrected chi connectivity index (χ4v) is 5.97. The summed E-state index contributed by atoms with van der Waals surface area (Å²) in [7, 11) is 0. The third-order valence-electron chi connectivity index (χ3n) is 7.57. The first-order valence-corrected chi connectivity index (χ1v) is 10.3. The highest BCUT2D eigenvalue weighted by molar-refractivity contribution is 5.00. The molecular weight excluding hydrogens is 282 g/mol. The van der Waals surface area contributed by atoms with Gasteiger partial charge in [-0.15, -0.1) is 0 Å². The van der Waals surface area contributed by atoms with Crippen LogP contribution >= 0.6 is 0 Å². The molecule has 0 amide bonds.